The molecule has 0 spiro atoms. The van der Waals surface area contributed by atoms with Gasteiger partial charge in [-0.25, -0.2) is 9.78 Å². The molecule has 2 heterocycles. The van der Waals surface area contributed by atoms with Crippen molar-refractivity contribution in [2.75, 3.05) is 13.7 Å². The first-order chi connectivity index (χ1) is 15.0. The molecule has 8 heteroatoms. The van der Waals surface area contributed by atoms with E-state index >= 15 is 0 Å². The SMILES string of the molecule is COc1ccc([C@@H](NCCn2cnc3c2c(=O)n(C)c(=O)n3C)c2ccccc2)cc1. The van der Waals surface area contributed by atoms with Gasteiger partial charge in [0.05, 0.1) is 19.5 Å². The van der Waals surface area contributed by atoms with Crippen LogP contribution in [0.5, 0.6) is 5.75 Å². The number of fused-ring (bicyclic) bond motifs is 1. The topological polar surface area (TPSA) is 83.1 Å². The Morgan fingerprint density at radius 1 is 0.968 bits per heavy atom. The average Bonchev–Trinajstić information content (AvgIpc) is 3.24. The van der Waals surface area contributed by atoms with Crippen molar-refractivity contribution < 1.29 is 4.74 Å². The lowest BCUT2D eigenvalue weighted by Crippen LogP contribution is -2.37. The van der Waals surface area contributed by atoms with E-state index in [4.69, 9.17) is 4.74 Å². The molecule has 4 rings (SSSR count). The maximum absolute atomic E-state index is 12.6. The third-order valence-electron chi connectivity index (χ3n) is 5.50. The molecule has 8 nitrogen and oxygen atoms in total. The van der Waals surface area contributed by atoms with Crippen LogP contribution in [0.2, 0.25) is 0 Å². The van der Waals surface area contributed by atoms with Gasteiger partial charge >= 0.3 is 5.69 Å². The molecule has 0 fully saturated rings. The maximum Gasteiger partial charge on any atom is 0.332 e. The number of ether oxygens (including phenoxy) is 1. The van der Waals surface area contributed by atoms with E-state index in [0.717, 1.165) is 21.4 Å². The van der Waals surface area contributed by atoms with Gasteiger partial charge in [0, 0.05) is 27.2 Å². The predicted molar refractivity (Wildman–Crippen MR) is 119 cm³/mol. The quantitative estimate of drug-likeness (QED) is 0.494. The van der Waals surface area contributed by atoms with Crippen LogP contribution in [0.25, 0.3) is 11.2 Å². The fourth-order valence-corrected chi connectivity index (χ4v) is 3.77. The third kappa shape index (κ3) is 3.89. The highest BCUT2D eigenvalue weighted by Crippen LogP contribution is 2.24. The largest absolute Gasteiger partial charge is 0.497 e. The molecule has 31 heavy (non-hydrogen) atoms. The zero-order valence-electron chi connectivity index (χ0n) is 17.8. The van der Waals surface area contributed by atoms with Crippen molar-refractivity contribution in [2.24, 2.45) is 14.1 Å². The molecule has 0 amide bonds. The summed E-state index contributed by atoms with van der Waals surface area (Å²) in [5, 5.41) is 3.59. The van der Waals surface area contributed by atoms with Gasteiger partial charge in [0.15, 0.2) is 11.2 Å². The zero-order chi connectivity index (χ0) is 22.0. The van der Waals surface area contributed by atoms with Gasteiger partial charge in [-0.3, -0.25) is 13.9 Å². The molecule has 0 bridgehead atoms. The van der Waals surface area contributed by atoms with Crippen LogP contribution in [0, 0.1) is 0 Å². The number of rotatable bonds is 7. The average molecular weight is 419 g/mol. The normalized spacial score (nSPS) is 12.2. The minimum absolute atomic E-state index is 0.0194. The minimum Gasteiger partial charge on any atom is -0.497 e. The van der Waals surface area contributed by atoms with Crippen molar-refractivity contribution >= 4 is 11.2 Å². The molecule has 0 aliphatic carbocycles. The number of hydrogen-bond donors (Lipinski definition) is 1. The molecule has 0 unspecified atom stereocenters. The Morgan fingerprint density at radius 3 is 2.32 bits per heavy atom. The Balaban J connectivity index is 1.60. The van der Waals surface area contributed by atoms with Gasteiger partial charge in [-0.1, -0.05) is 42.5 Å². The standard InChI is InChI=1S/C23H25N5O3/c1-26-21-20(22(29)27(2)23(26)30)28(15-25-21)14-13-24-19(16-7-5-4-6-8-16)17-9-11-18(31-3)12-10-17/h4-12,15,19,24H,13-14H2,1-3H3/t19-/m0/s1. The summed E-state index contributed by atoms with van der Waals surface area (Å²) in [7, 11) is 4.75. The van der Waals surface area contributed by atoms with E-state index in [1.54, 1.807) is 25.1 Å². The van der Waals surface area contributed by atoms with Crippen LogP contribution in [-0.2, 0) is 20.6 Å². The van der Waals surface area contributed by atoms with E-state index < -0.39 is 0 Å². The molecular formula is C23H25N5O3. The van der Waals surface area contributed by atoms with Crippen molar-refractivity contribution in [3.63, 3.8) is 0 Å². The van der Waals surface area contributed by atoms with E-state index in [-0.39, 0.29) is 17.3 Å². The molecule has 1 atom stereocenters. The molecule has 160 valence electrons. The van der Waals surface area contributed by atoms with E-state index in [1.165, 1.54) is 11.6 Å². The van der Waals surface area contributed by atoms with Crippen LogP contribution < -0.4 is 21.3 Å². The lowest BCUT2D eigenvalue weighted by atomic mass is 9.98. The van der Waals surface area contributed by atoms with Crippen molar-refractivity contribution in [3.05, 3.63) is 92.9 Å². The molecule has 4 aromatic rings. The van der Waals surface area contributed by atoms with E-state index in [0.29, 0.717) is 24.3 Å². The third-order valence-corrected chi connectivity index (χ3v) is 5.50. The number of imidazole rings is 1. The summed E-state index contributed by atoms with van der Waals surface area (Å²) in [6.45, 7) is 1.13. The molecule has 2 aromatic heterocycles. The van der Waals surface area contributed by atoms with E-state index in [1.807, 2.05) is 42.5 Å². The van der Waals surface area contributed by atoms with E-state index in [2.05, 4.69) is 22.4 Å². The van der Waals surface area contributed by atoms with Crippen LogP contribution in [0.15, 0.2) is 70.5 Å². The van der Waals surface area contributed by atoms with Crippen molar-refractivity contribution in [2.45, 2.75) is 12.6 Å². The van der Waals surface area contributed by atoms with Crippen LogP contribution in [-0.4, -0.2) is 32.3 Å². The summed E-state index contributed by atoms with van der Waals surface area (Å²) < 4.78 is 9.57. The Labute approximate surface area is 179 Å². The van der Waals surface area contributed by atoms with Gasteiger partial charge < -0.3 is 14.6 Å². The van der Waals surface area contributed by atoms with Crippen LogP contribution in [0.4, 0.5) is 0 Å². The summed E-state index contributed by atoms with van der Waals surface area (Å²) >= 11 is 0. The first kappa shape index (κ1) is 20.6. The fraction of sp³-hybridized carbons (Fsp3) is 0.261. The molecule has 0 saturated carbocycles. The number of nitrogens with zero attached hydrogens (tertiary/aromatic N) is 4. The van der Waals surface area contributed by atoms with Crippen molar-refractivity contribution in [1.29, 1.82) is 0 Å². The lowest BCUT2D eigenvalue weighted by molar-refractivity contribution is 0.414. The van der Waals surface area contributed by atoms with Crippen molar-refractivity contribution in [3.8, 4) is 5.75 Å². The summed E-state index contributed by atoms with van der Waals surface area (Å²) in [4.78, 5) is 29.1. The summed E-state index contributed by atoms with van der Waals surface area (Å²) in [6, 6.07) is 18.1. The summed E-state index contributed by atoms with van der Waals surface area (Å²) in [6.07, 6.45) is 1.61. The highest BCUT2D eigenvalue weighted by atomic mass is 16.5. The fourth-order valence-electron chi connectivity index (χ4n) is 3.77. The zero-order valence-corrected chi connectivity index (χ0v) is 17.8. The van der Waals surface area contributed by atoms with Gasteiger partial charge in [0.25, 0.3) is 5.56 Å². The maximum atomic E-state index is 12.6. The molecule has 1 N–H and O–H groups in total. The first-order valence-electron chi connectivity index (χ1n) is 10.0. The van der Waals surface area contributed by atoms with Crippen molar-refractivity contribution in [1.82, 2.24) is 24.0 Å². The number of benzene rings is 2. The van der Waals surface area contributed by atoms with Gasteiger partial charge in [0.2, 0.25) is 0 Å². The Kier molecular flexibility index (Phi) is 5.73. The second-order valence-corrected chi connectivity index (χ2v) is 7.39. The van der Waals surface area contributed by atoms with Crippen LogP contribution in [0.3, 0.4) is 0 Å². The molecule has 0 aliphatic rings. The monoisotopic (exact) mass is 419 g/mol. The number of methoxy groups -OCH3 is 1. The van der Waals surface area contributed by atoms with E-state index in [9.17, 15) is 9.59 Å². The van der Waals surface area contributed by atoms with Gasteiger partial charge in [0.1, 0.15) is 5.75 Å². The minimum atomic E-state index is -0.385. The van der Waals surface area contributed by atoms with Crippen LogP contribution in [0.1, 0.15) is 17.2 Å². The number of aromatic nitrogens is 4. The number of nitrogens with one attached hydrogen (secondary N) is 1. The van der Waals surface area contributed by atoms with Crippen LogP contribution >= 0.6 is 0 Å². The lowest BCUT2D eigenvalue weighted by Gasteiger charge is -2.20. The Hall–Kier alpha value is -3.65. The number of aryl methyl sites for hydroxylation is 1. The molecule has 2 aromatic carbocycles. The summed E-state index contributed by atoms with van der Waals surface area (Å²) in [5.41, 5.74) is 2.34. The second-order valence-electron chi connectivity index (χ2n) is 7.39. The molecular weight excluding hydrogens is 394 g/mol. The Bertz CT molecular complexity index is 1300. The highest BCUT2D eigenvalue weighted by molar-refractivity contribution is 5.69. The number of hydrogen-bond acceptors (Lipinski definition) is 5. The van der Waals surface area contributed by atoms with Gasteiger partial charge in [-0.15, -0.1) is 0 Å². The molecule has 0 aliphatic heterocycles. The van der Waals surface area contributed by atoms with Gasteiger partial charge in [-0.05, 0) is 23.3 Å². The predicted octanol–water partition coefficient (Wildman–Crippen LogP) is 1.82. The van der Waals surface area contributed by atoms with Gasteiger partial charge in [-0.2, -0.15) is 0 Å². The second kappa shape index (κ2) is 8.61. The molecule has 0 saturated heterocycles. The Morgan fingerprint density at radius 2 is 1.65 bits per heavy atom. The summed E-state index contributed by atoms with van der Waals surface area (Å²) in [5.74, 6) is 0.807. The highest BCUT2D eigenvalue weighted by Gasteiger charge is 2.16. The molecule has 0 radical (unpaired) electrons. The smallest absolute Gasteiger partial charge is 0.332 e. The first-order valence-corrected chi connectivity index (χ1v) is 10.0.